The molecule has 0 bridgehead atoms. The zero-order valence-corrected chi connectivity index (χ0v) is 6.95. The molecule has 1 aliphatic heterocycles. The van der Waals surface area contributed by atoms with Gasteiger partial charge in [-0.15, -0.1) is 0 Å². The molecule has 1 aliphatic carbocycles. The molecule has 0 saturated heterocycles. The third-order valence-electron chi connectivity index (χ3n) is 1.85. The van der Waals surface area contributed by atoms with E-state index in [-0.39, 0.29) is 11.1 Å². The Hall–Kier alpha value is -1.07. The molecule has 0 spiro atoms. The summed E-state index contributed by atoms with van der Waals surface area (Å²) in [7, 11) is 0. The van der Waals surface area contributed by atoms with Crippen LogP contribution in [0.1, 0.15) is 0 Å². The maximum absolute atomic E-state index is 11.3. The molecule has 2 unspecified atom stereocenters. The van der Waals surface area contributed by atoms with Crippen LogP contribution in [0, 0.1) is 4.91 Å². The zero-order chi connectivity index (χ0) is 8.72. The fourth-order valence-electron chi connectivity index (χ4n) is 1.24. The van der Waals surface area contributed by atoms with Crippen LogP contribution in [-0.4, -0.2) is 14.0 Å². The molecule has 0 aromatic rings. The lowest BCUT2D eigenvalue weighted by molar-refractivity contribution is -0.327. The van der Waals surface area contributed by atoms with Crippen LogP contribution in [0.5, 0.6) is 0 Å². The number of nitrogens with two attached hydrogens (primary N) is 1. The summed E-state index contributed by atoms with van der Waals surface area (Å²) in [6.07, 6.45) is 6.97. The largest absolute Gasteiger partial charge is 0.573 e. The summed E-state index contributed by atoms with van der Waals surface area (Å²) in [6, 6.07) is 0. The molecule has 12 heavy (non-hydrogen) atoms. The van der Waals surface area contributed by atoms with Gasteiger partial charge in [-0.3, -0.25) is 5.73 Å². The van der Waals surface area contributed by atoms with Gasteiger partial charge in [0.1, 0.15) is 5.57 Å². The Morgan fingerprint density at radius 2 is 2.33 bits per heavy atom. The maximum atomic E-state index is 11.3. The number of allylic oxidation sites excluding steroid dienone is 3. The van der Waals surface area contributed by atoms with E-state index in [0.29, 0.717) is 9.74 Å². The van der Waals surface area contributed by atoms with Crippen LogP contribution < -0.4 is 5.73 Å². The Bertz CT molecular complexity index is 332. The quantitative estimate of drug-likeness (QED) is 0.428. The second-order valence-corrected chi connectivity index (χ2v) is 3.93. The Morgan fingerprint density at radius 1 is 1.58 bits per heavy atom. The summed E-state index contributed by atoms with van der Waals surface area (Å²) in [5, 5.41) is -0.340. The van der Waals surface area contributed by atoms with Crippen molar-refractivity contribution in [3.05, 3.63) is 40.6 Å². The highest BCUT2D eigenvalue weighted by Gasteiger charge is 2.48. The highest BCUT2D eigenvalue weighted by atomic mass is 32.2. The second kappa shape index (κ2) is 2.46. The molecular weight excluding hydrogens is 176 g/mol. The fourth-order valence-corrected chi connectivity index (χ4v) is 2.38. The molecule has 0 aromatic heterocycles. The average Bonchev–Trinajstić information content (AvgIpc) is 2.33. The molecule has 1 heterocycles. The Morgan fingerprint density at radius 3 is 3.00 bits per heavy atom. The van der Waals surface area contributed by atoms with Crippen molar-refractivity contribution in [2.24, 2.45) is 5.73 Å². The van der Waals surface area contributed by atoms with Gasteiger partial charge in [-0.2, -0.15) is 0 Å². The van der Waals surface area contributed by atoms with Gasteiger partial charge in [-0.1, -0.05) is 12.2 Å². The summed E-state index contributed by atoms with van der Waals surface area (Å²) < 4.78 is 11.6. The van der Waals surface area contributed by atoms with Gasteiger partial charge in [0.15, 0.2) is 4.17 Å². The molecule has 2 rings (SSSR count). The molecule has 2 N–H and O–H groups in total. The molecule has 2 aliphatic rings. The van der Waals surface area contributed by atoms with Gasteiger partial charge in [0.05, 0.1) is 0 Å². The van der Waals surface area contributed by atoms with Crippen molar-refractivity contribution in [2.75, 3.05) is 0 Å². The summed E-state index contributed by atoms with van der Waals surface area (Å²) in [4.78, 5) is 11.0. The van der Waals surface area contributed by atoms with Crippen molar-refractivity contribution in [3.8, 4) is 0 Å². The maximum Gasteiger partial charge on any atom is 0.376 e. The number of nitroso groups, excluding NO2 is 1. The van der Waals surface area contributed by atoms with Crippen LogP contribution in [0.2, 0.25) is 0 Å². The predicted octanol–water partition coefficient (Wildman–Crippen LogP) is 0.107. The van der Waals surface area contributed by atoms with E-state index in [1.807, 2.05) is 0 Å². The minimum Gasteiger partial charge on any atom is -0.573 e. The molecular formula is C7H7N2O2S+. The van der Waals surface area contributed by atoms with E-state index in [1.54, 1.807) is 24.3 Å². The van der Waals surface area contributed by atoms with E-state index in [4.69, 9.17) is 5.73 Å². The molecule has 0 radical (unpaired) electrons. The minimum atomic E-state index is -1.57. The standard InChI is InChI=1S/C7H7N2O2S/c8-7-5-3-1-2-4-6(5)12(11)9(7)10/h1-4,6H,8H2/q+1. The topological polar surface area (TPSA) is 69.2 Å². The lowest BCUT2D eigenvalue weighted by Crippen LogP contribution is -2.22. The minimum absolute atomic E-state index is 0.0685. The Labute approximate surface area is 72.3 Å². The lowest BCUT2D eigenvalue weighted by Gasteiger charge is -2.04. The van der Waals surface area contributed by atoms with E-state index in [2.05, 4.69) is 0 Å². The SMILES string of the molecule is NC1=C2C=CC=CC2[S+]([O-])[N+]1=O. The van der Waals surface area contributed by atoms with Crippen LogP contribution in [0.25, 0.3) is 0 Å². The van der Waals surface area contributed by atoms with Gasteiger partial charge in [-0.25, -0.2) is 0 Å². The first-order chi connectivity index (χ1) is 5.72. The van der Waals surface area contributed by atoms with Gasteiger partial charge in [0, 0.05) is 0 Å². The number of hydrogen-bond acceptors (Lipinski definition) is 3. The average molecular weight is 183 g/mol. The van der Waals surface area contributed by atoms with Crippen molar-refractivity contribution in [2.45, 2.75) is 5.25 Å². The zero-order valence-electron chi connectivity index (χ0n) is 6.14. The van der Waals surface area contributed by atoms with E-state index in [9.17, 15) is 9.46 Å². The molecule has 4 nitrogen and oxygen atoms in total. The summed E-state index contributed by atoms with van der Waals surface area (Å²) in [5.41, 5.74) is 6.10. The molecule has 0 saturated carbocycles. The van der Waals surface area contributed by atoms with Crippen LogP contribution in [0.3, 0.4) is 0 Å². The summed E-state index contributed by atoms with van der Waals surface area (Å²) in [6.45, 7) is 0. The molecule has 2 atom stereocenters. The first-order valence-electron chi connectivity index (χ1n) is 3.44. The van der Waals surface area contributed by atoms with Crippen LogP contribution in [0.15, 0.2) is 35.7 Å². The third kappa shape index (κ3) is 0.835. The van der Waals surface area contributed by atoms with E-state index in [0.717, 1.165) is 0 Å². The molecule has 0 amide bonds. The Kier molecular flexibility index (Phi) is 1.55. The normalized spacial score (nSPS) is 32.9. The smallest absolute Gasteiger partial charge is 0.376 e. The summed E-state index contributed by atoms with van der Waals surface area (Å²) >= 11 is -1.57. The predicted molar refractivity (Wildman–Crippen MR) is 45.1 cm³/mol. The highest BCUT2D eigenvalue weighted by Crippen LogP contribution is 2.29. The molecule has 5 heteroatoms. The van der Waals surface area contributed by atoms with Crippen molar-refractivity contribution >= 4 is 11.4 Å². The highest BCUT2D eigenvalue weighted by molar-refractivity contribution is 7.86. The number of hydrogen-bond donors (Lipinski definition) is 1. The van der Waals surface area contributed by atoms with Gasteiger partial charge in [0.25, 0.3) is 0 Å². The van der Waals surface area contributed by atoms with Crippen LogP contribution in [0.4, 0.5) is 0 Å². The van der Waals surface area contributed by atoms with Crippen molar-refractivity contribution < 1.29 is 8.72 Å². The van der Waals surface area contributed by atoms with E-state index in [1.165, 1.54) is 0 Å². The van der Waals surface area contributed by atoms with Crippen LogP contribution >= 0.6 is 0 Å². The molecule has 0 aromatic carbocycles. The van der Waals surface area contributed by atoms with Crippen LogP contribution in [-0.2, 0) is 11.4 Å². The van der Waals surface area contributed by atoms with Gasteiger partial charge in [-0.05, 0) is 17.1 Å². The number of fused-ring (bicyclic) bond motifs is 1. The molecule has 62 valence electrons. The third-order valence-corrected chi connectivity index (χ3v) is 3.22. The van der Waals surface area contributed by atoms with Gasteiger partial charge >= 0.3 is 5.82 Å². The number of nitrogens with zero attached hydrogens (tertiary/aromatic N) is 1. The van der Waals surface area contributed by atoms with Crippen molar-refractivity contribution in [3.63, 3.8) is 0 Å². The molecule has 0 fully saturated rings. The lowest BCUT2D eigenvalue weighted by atomic mass is 10.1. The summed E-state index contributed by atoms with van der Waals surface area (Å²) in [5.74, 6) is 0.0685. The van der Waals surface area contributed by atoms with Crippen molar-refractivity contribution in [1.82, 2.24) is 0 Å². The van der Waals surface area contributed by atoms with Gasteiger partial charge < -0.3 is 4.55 Å². The second-order valence-electron chi connectivity index (χ2n) is 2.54. The fraction of sp³-hybridized carbons (Fsp3) is 0.143. The van der Waals surface area contributed by atoms with Gasteiger partial charge in [0.2, 0.25) is 16.6 Å². The monoisotopic (exact) mass is 183 g/mol. The Balaban J connectivity index is 2.49. The van der Waals surface area contributed by atoms with E-state index < -0.39 is 11.4 Å². The number of rotatable bonds is 0. The van der Waals surface area contributed by atoms with Crippen molar-refractivity contribution in [1.29, 1.82) is 0 Å². The first-order valence-corrected chi connectivity index (χ1v) is 4.61. The first kappa shape index (κ1) is 7.57. The van der Waals surface area contributed by atoms with E-state index >= 15 is 0 Å².